The maximum absolute atomic E-state index is 13.0. The highest BCUT2D eigenvalue weighted by Gasteiger charge is 2.46. The number of carbonyl (C=O) groups excluding carboxylic acids is 1. The number of carbonyl (C=O) groups is 1. The molecule has 5 heteroatoms. The fourth-order valence-corrected chi connectivity index (χ4v) is 5.56. The first-order chi connectivity index (χ1) is 14.1. The third kappa shape index (κ3) is 5.06. The summed E-state index contributed by atoms with van der Waals surface area (Å²) in [5.41, 5.74) is 0.998. The molecule has 0 spiro atoms. The van der Waals surface area contributed by atoms with Gasteiger partial charge in [0, 0.05) is 12.5 Å². The van der Waals surface area contributed by atoms with Crippen molar-refractivity contribution in [1.82, 2.24) is 4.90 Å². The van der Waals surface area contributed by atoms with Crippen molar-refractivity contribution in [2.24, 2.45) is 11.8 Å². The lowest BCUT2D eigenvalue weighted by atomic mass is 9.76. The first kappa shape index (κ1) is 22.8. The van der Waals surface area contributed by atoms with Crippen LogP contribution in [0.4, 0.5) is 4.79 Å². The maximum atomic E-state index is 13.0. The minimum atomic E-state index is -1.90. The third-order valence-electron chi connectivity index (χ3n) is 7.01. The molecule has 1 aliphatic heterocycles. The smallest absolute Gasteiger partial charge is 0.410 e. The van der Waals surface area contributed by atoms with Crippen molar-refractivity contribution in [3.05, 3.63) is 60.7 Å². The van der Waals surface area contributed by atoms with Crippen LogP contribution in [0.2, 0.25) is 18.1 Å². The van der Waals surface area contributed by atoms with Gasteiger partial charge in [-0.15, -0.1) is 6.58 Å². The Kier molecular flexibility index (Phi) is 6.93. The number of amides is 1. The largest absolute Gasteiger partial charge is 0.445 e. The van der Waals surface area contributed by atoms with E-state index >= 15 is 0 Å². The molecule has 3 rings (SSSR count). The van der Waals surface area contributed by atoms with Gasteiger partial charge in [-0.25, -0.2) is 4.79 Å². The van der Waals surface area contributed by atoms with Gasteiger partial charge in [-0.05, 0) is 42.5 Å². The van der Waals surface area contributed by atoms with Crippen LogP contribution >= 0.6 is 0 Å². The number of piperidine rings is 1. The van der Waals surface area contributed by atoms with Gasteiger partial charge < -0.3 is 14.1 Å². The summed E-state index contributed by atoms with van der Waals surface area (Å²) in [6.07, 6.45) is 8.13. The molecule has 0 radical (unpaired) electrons. The van der Waals surface area contributed by atoms with Gasteiger partial charge in [-0.3, -0.25) is 0 Å². The Balaban J connectivity index is 1.76. The second-order valence-corrected chi connectivity index (χ2v) is 14.9. The normalized spacial score (nSPS) is 26.8. The van der Waals surface area contributed by atoms with Crippen LogP contribution in [0, 0.1) is 11.8 Å². The molecule has 1 aromatic rings. The molecule has 1 saturated heterocycles. The lowest BCUT2D eigenvalue weighted by molar-refractivity contribution is 0.00429. The van der Waals surface area contributed by atoms with E-state index in [2.05, 4.69) is 52.6 Å². The number of likely N-dealkylation sites (tertiary alicyclic amines) is 1. The molecule has 1 aliphatic carbocycles. The molecule has 1 fully saturated rings. The molecule has 164 valence electrons. The van der Waals surface area contributed by atoms with Crippen LogP contribution in [-0.4, -0.2) is 38.0 Å². The monoisotopic (exact) mass is 427 g/mol. The number of hydrogen-bond acceptors (Lipinski definition) is 3. The van der Waals surface area contributed by atoms with Crippen LogP contribution in [0.1, 0.15) is 39.2 Å². The Hall–Kier alpha value is -1.85. The molecular weight excluding hydrogens is 390 g/mol. The lowest BCUT2D eigenvalue weighted by Gasteiger charge is -2.49. The van der Waals surface area contributed by atoms with Crippen LogP contribution in [0.3, 0.4) is 0 Å². The van der Waals surface area contributed by atoms with Gasteiger partial charge in [0.05, 0.1) is 12.1 Å². The van der Waals surface area contributed by atoms with Gasteiger partial charge in [0.2, 0.25) is 0 Å². The number of benzene rings is 1. The Morgan fingerprint density at radius 1 is 1.27 bits per heavy atom. The van der Waals surface area contributed by atoms with Gasteiger partial charge in [-0.2, -0.15) is 0 Å². The van der Waals surface area contributed by atoms with Crippen LogP contribution < -0.4 is 0 Å². The molecule has 4 atom stereocenters. The topological polar surface area (TPSA) is 38.8 Å². The summed E-state index contributed by atoms with van der Waals surface area (Å²) in [6.45, 7) is 16.4. The molecule has 4 nitrogen and oxygen atoms in total. The van der Waals surface area contributed by atoms with E-state index in [9.17, 15) is 4.79 Å². The van der Waals surface area contributed by atoms with Gasteiger partial charge in [0.15, 0.2) is 8.32 Å². The maximum Gasteiger partial charge on any atom is 0.410 e. The second kappa shape index (κ2) is 9.11. The Labute approximate surface area is 183 Å². The molecule has 0 N–H and O–H groups in total. The molecule has 30 heavy (non-hydrogen) atoms. The summed E-state index contributed by atoms with van der Waals surface area (Å²) >= 11 is 0. The fourth-order valence-electron chi connectivity index (χ4n) is 4.17. The zero-order valence-corrected chi connectivity index (χ0v) is 20.1. The van der Waals surface area contributed by atoms with Crippen LogP contribution in [0.25, 0.3) is 0 Å². The predicted octanol–water partition coefficient (Wildman–Crippen LogP) is 6.17. The molecule has 0 bridgehead atoms. The van der Waals surface area contributed by atoms with Crippen molar-refractivity contribution in [2.75, 3.05) is 6.54 Å². The van der Waals surface area contributed by atoms with E-state index in [1.807, 2.05) is 41.3 Å². The van der Waals surface area contributed by atoms with Crippen molar-refractivity contribution in [3.63, 3.8) is 0 Å². The van der Waals surface area contributed by atoms with Gasteiger partial charge in [0.25, 0.3) is 0 Å². The molecule has 1 aromatic carbocycles. The van der Waals surface area contributed by atoms with Crippen molar-refractivity contribution in [1.29, 1.82) is 0 Å². The number of ether oxygens (including phenoxy) is 1. The predicted molar refractivity (Wildman–Crippen MR) is 125 cm³/mol. The highest BCUT2D eigenvalue weighted by atomic mass is 28.4. The average Bonchev–Trinajstić information content (AvgIpc) is 2.71. The summed E-state index contributed by atoms with van der Waals surface area (Å²) < 4.78 is 12.5. The number of rotatable bonds is 5. The molecule has 1 amide bonds. The van der Waals surface area contributed by atoms with Gasteiger partial charge in [-0.1, -0.05) is 69.3 Å². The minimum Gasteiger partial charge on any atom is -0.445 e. The zero-order chi connectivity index (χ0) is 21.9. The Bertz CT molecular complexity index is 768. The van der Waals surface area contributed by atoms with E-state index in [1.165, 1.54) is 0 Å². The highest BCUT2D eigenvalue weighted by Crippen LogP contribution is 2.42. The van der Waals surface area contributed by atoms with Crippen LogP contribution in [-0.2, 0) is 15.8 Å². The molecule has 2 aliphatic rings. The minimum absolute atomic E-state index is 0.0213. The van der Waals surface area contributed by atoms with Gasteiger partial charge >= 0.3 is 6.09 Å². The summed E-state index contributed by atoms with van der Waals surface area (Å²) in [5.74, 6) is 0.526. The van der Waals surface area contributed by atoms with Crippen molar-refractivity contribution < 1.29 is 14.0 Å². The lowest BCUT2D eigenvalue weighted by Crippen LogP contribution is -2.57. The first-order valence-electron chi connectivity index (χ1n) is 11.1. The number of fused-ring (bicyclic) bond motifs is 1. The van der Waals surface area contributed by atoms with Crippen LogP contribution in [0.5, 0.6) is 0 Å². The molecule has 1 heterocycles. The Morgan fingerprint density at radius 2 is 1.97 bits per heavy atom. The van der Waals surface area contributed by atoms with E-state index in [4.69, 9.17) is 9.16 Å². The van der Waals surface area contributed by atoms with E-state index in [0.29, 0.717) is 13.2 Å². The third-order valence-corrected chi connectivity index (χ3v) is 11.5. The van der Waals surface area contributed by atoms with Crippen molar-refractivity contribution in [3.8, 4) is 0 Å². The average molecular weight is 428 g/mol. The van der Waals surface area contributed by atoms with Crippen molar-refractivity contribution in [2.45, 2.75) is 70.5 Å². The van der Waals surface area contributed by atoms with Gasteiger partial charge in [0.1, 0.15) is 6.61 Å². The second-order valence-electron chi connectivity index (χ2n) is 10.2. The molecule has 0 saturated carbocycles. The Morgan fingerprint density at radius 3 is 2.60 bits per heavy atom. The summed E-state index contributed by atoms with van der Waals surface area (Å²) in [4.78, 5) is 14.9. The summed E-state index contributed by atoms with van der Waals surface area (Å²) in [5, 5.41) is 0.157. The SMILES string of the molecule is C=C[C@@H]1C[C@@H]2[C@H](O[Si](C)(C)C(C)(C)C)CC=C[C@@H]2N(C(=O)OCc2ccccc2)C1. The van der Waals surface area contributed by atoms with E-state index in [-0.39, 0.29) is 35.1 Å². The molecular formula is C25H37NO3Si. The number of nitrogens with zero attached hydrogens (tertiary/aromatic N) is 1. The van der Waals surface area contributed by atoms with Crippen molar-refractivity contribution >= 4 is 14.4 Å². The van der Waals surface area contributed by atoms with Crippen LogP contribution in [0.15, 0.2) is 55.1 Å². The van der Waals surface area contributed by atoms with E-state index < -0.39 is 8.32 Å². The zero-order valence-electron chi connectivity index (χ0n) is 19.1. The number of hydrogen-bond donors (Lipinski definition) is 0. The standard InChI is InChI=1S/C25H37NO3Si/c1-7-19-16-21-22(14-11-15-23(21)29-30(5,6)25(2,3)4)26(17-19)24(27)28-18-20-12-9-8-10-13-20/h7-14,19,21-23H,1,15-18H2,2-6H3/t19-,21+,22+,23-/m1/s1. The summed E-state index contributed by atoms with van der Waals surface area (Å²) in [6, 6.07) is 9.85. The van der Waals surface area contributed by atoms with E-state index in [1.54, 1.807) is 0 Å². The van der Waals surface area contributed by atoms with E-state index in [0.717, 1.165) is 18.4 Å². The first-order valence-corrected chi connectivity index (χ1v) is 14.0. The molecule has 0 aromatic heterocycles. The summed E-state index contributed by atoms with van der Waals surface area (Å²) in [7, 11) is -1.90. The highest BCUT2D eigenvalue weighted by molar-refractivity contribution is 6.74. The molecule has 0 unspecified atom stereocenters. The quantitative estimate of drug-likeness (QED) is 0.417. The fraction of sp³-hybridized carbons (Fsp3) is 0.560.